The molecule has 162 valence electrons. The van der Waals surface area contributed by atoms with E-state index in [-0.39, 0.29) is 16.9 Å². The molecule has 0 aromatic heterocycles. The SMILES string of the molecule is FC(F)(F)c1ccccc1Oc1cccc(-c2cccc3c2OC(F)(F)C(F)(F)O3)c1. The molecule has 0 atom stereocenters. The van der Waals surface area contributed by atoms with Crippen molar-refractivity contribution in [2.75, 3.05) is 0 Å². The molecule has 0 amide bonds. The van der Waals surface area contributed by atoms with Crippen LogP contribution in [0.25, 0.3) is 11.1 Å². The van der Waals surface area contributed by atoms with Crippen molar-refractivity contribution in [3.05, 3.63) is 72.3 Å². The number of benzene rings is 3. The van der Waals surface area contributed by atoms with E-state index < -0.39 is 41.2 Å². The molecule has 0 saturated carbocycles. The highest BCUT2D eigenvalue weighted by atomic mass is 19.4. The maximum absolute atomic E-state index is 13.7. The van der Waals surface area contributed by atoms with Crippen LogP contribution in [0.4, 0.5) is 30.7 Å². The zero-order valence-electron chi connectivity index (χ0n) is 15.2. The van der Waals surface area contributed by atoms with Gasteiger partial charge in [-0.05, 0) is 35.9 Å². The molecule has 4 rings (SSSR count). The van der Waals surface area contributed by atoms with Crippen LogP contribution in [0.3, 0.4) is 0 Å². The van der Waals surface area contributed by atoms with Crippen LogP contribution in [0.1, 0.15) is 5.56 Å². The third kappa shape index (κ3) is 3.85. The quantitative estimate of drug-likeness (QED) is 0.403. The number of ether oxygens (including phenoxy) is 3. The van der Waals surface area contributed by atoms with E-state index in [2.05, 4.69) is 9.47 Å². The number of hydrogen-bond donors (Lipinski definition) is 0. The van der Waals surface area contributed by atoms with E-state index in [0.29, 0.717) is 0 Å². The summed E-state index contributed by atoms with van der Waals surface area (Å²) in [5.74, 6) is -1.75. The van der Waals surface area contributed by atoms with Gasteiger partial charge in [-0.1, -0.05) is 36.4 Å². The number of fused-ring (bicyclic) bond motifs is 1. The van der Waals surface area contributed by atoms with Gasteiger partial charge >= 0.3 is 18.4 Å². The lowest BCUT2D eigenvalue weighted by molar-refractivity contribution is -0.391. The molecule has 0 radical (unpaired) electrons. The summed E-state index contributed by atoms with van der Waals surface area (Å²) in [5, 5.41) is 0. The molecule has 3 nitrogen and oxygen atoms in total. The molecule has 0 fully saturated rings. The summed E-state index contributed by atoms with van der Waals surface area (Å²) in [6.45, 7) is 0. The van der Waals surface area contributed by atoms with Crippen molar-refractivity contribution in [1.29, 1.82) is 0 Å². The summed E-state index contributed by atoms with van der Waals surface area (Å²) in [5.41, 5.74) is -0.873. The average Bonchev–Trinajstić information content (AvgIpc) is 2.68. The topological polar surface area (TPSA) is 27.7 Å². The second-order valence-corrected chi connectivity index (χ2v) is 6.49. The lowest BCUT2D eigenvalue weighted by Crippen LogP contribution is -2.52. The molecule has 0 aliphatic carbocycles. The van der Waals surface area contributed by atoms with Crippen LogP contribution < -0.4 is 14.2 Å². The van der Waals surface area contributed by atoms with Crippen molar-refractivity contribution < 1.29 is 44.9 Å². The van der Waals surface area contributed by atoms with Gasteiger partial charge in [-0.2, -0.15) is 30.7 Å². The zero-order chi connectivity index (χ0) is 22.4. The molecule has 31 heavy (non-hydrogen) atoms. The van der Waals surface area contributed by atoms with Gasteiger partial charge in [-0.25, -0.2) is 0 Å². The Labute approximate surface area is 170 Å². The Morgan fingerprint density at radius 1 is 0.742 bits per heavy atom. The van der Waals surface area contributed by atoms with Crippen molar-refractivity contribution >= 4 is 0 Å². The summed E-state index contributed by atoms with van der Waals surface area (Å²) in [6, 6.07) is 13.6. The van der Waals surface area contributed by atoms with E-state index in [1.54, 1.807) is 0 Å². The van der Waals surface area contributed by atoms with Gasteiger partial charge in [0.15, 0.2) is 11.5 Å². The molecule has 10 heteroatoms. The van der Waals surface area contributed by atoms with Crippen LogP contribution in [0, 0.1) is 0 Å². The van der Waals surface area contributed by atoms with Crippen LogP contribution in [-0.4, -0.2) is 12.2 Å². The Balaban J connectivity index is 1.72. The summed E-state index contributed by atoms with van der Waals surface area (Å²) < 4.78 is 107. The number of alkyl halides is 7. The summed E-state index contributed by atoms with van der Waals surface area (Å²) in [7, 11) is 0. The minimum absolute atomic E-state index is 0.0396. The minimum atomic E-state index is -4.92. The Hall–Kier alpha value is -3.43. The Morgan fingerprint density at radius 2 is 1.42 bits per heavy atom. The fourth-order valence-corrected chi connectivity index (χ4v) is 2.96. The first-order valence-corrected chi connectivity index (χ1v) is 8.69. The van der Waals surface area contributed by atoms with E-state index in [9.17, 15) is 30.7 Å². The fourth-order valence-electron chi connectivity index (χ4n) is 2.96. The van der Waals surface area contributed by atoms with Gasteiger partial charge in [0, 0.05) is 5.56 Å². The van der Waals surface area contributed by atoms with Crippen molar-refractivity contribution in [1.82, 2.24) is 0 Å². The van der Waals surface area contributed by atoms with Crippen LogP contribution >= 0.6 is 0 Å². The van der Waals surface area contributed by atoms with Gasteiger partial charge in [0.2, 0.25) is 0 Å². The van der Waals surface area contributed by atoms with Gasteiger partial charge in [-0.15, -0.1) is 0 Å². The van der Waals surface area contributed by atoms with E-state index in [1.165, 1.54) is 48.5 Å². The highest BCUT2D eigenvalue weighted by molar-refractivity contribution is 5.75. The van der Waals surface area contributed by atoms with Crippen LogP contribution in [0.2, 0.25) is 0 Å². The van der Waals surface area contributed by atoms with Gasteiger partial charge in [0.05, 0.1) is 5.56 Å². The normalized spacial score (nSPS) is 16.6. The molecule has 3 aromatic carbocycles. The Morgan fingerprint density at radius 3 is 2.16 bits per heavy atom. The third-order valence-electron chi connectivity index (χ3n) is 4.35. The molecule has 0 bridgehead atoms. The predicted molar refractivity (Wildman–Crippen MR) is 94.5 cm³/mol. The van der Waals surface area contributed by atoms with Gasteiger partial charge in [0.1, 0.15) is 11.5 Å². The summed E-state index contributed by atoms with van der Waals surface area (Å²) in [6.07, 6.45) is -14.4. The lowest BCUT2D eigenvalue weighted by Gasteiger charge is -2.32. The smallest absolute Gasteiger partial charge is 0.457 e. The molecule has 0 spiro atoms. The Kier molecular flexibility index (Phi) is 4.75. The largest absolute Gasteiger partial charge is 0.507 e. The second-order valence-electron chi connectivity index (χ2n) is 6.49. The number of para-hydroxylation sites is 2. The third-order valence-corrected chi connectivity index (χ3v) is 4.35. The predicted octanol–water partition coefficient (Wildman–Crippen LogP) is 7.12. The molecule has 3 aromatic rings. The first-order valence-electron chi connectivity index (χ1n) is 8.69. The molecular weight excluding hydrogens is 433 g/mol. The van der Waals surface area contributed by atoms with Gasteiger partial charge < -0.3 is 14.2 Å². The molecule has 1 aliphatic heterocycles. The van der Waals surface area contributed by atoms with Crippen molar-refractivity contribution in [3.63, 3.8) is 0 Å². The molecule has 0 saturated heterocycles. The van der Waals surface area contributed by atoms with Crippen molar-refractivity contribution in [3.8, 4) is 34.1 Å². The van der Waals surface area contributed by atoms with E-state index in [0.717, 1.165) is 18.2 Å². The molecule has 0 N–H and O–H groups in total. The monoisotopic (exact) mass is 444 g/mol. The maximum Gasteiger partial charge on any atom is 0.507 e. The zero-order valence-corrected chi connectivity index (χ0v) is 15.2. The number of rotatable bonds is 3. The summed E-state index contributed by atoms with van der Waals surface area (Å²) in [4.78, 5) is 0. The second kappa shape index (κ2) is 7.07. The first kappa shape index (κ1) is 20.8. The number of halogens is 7. The Bertz CT molecular complexity index is 1130. The fraction of sp³-hybridized carbons (Fsp3) is 0.143. The molecular formula is C21H11F7O3. The van der Waals surface area contributed by atoms with Crippen molar-refractivity contribution in [2.24, 2.45) is 0 Å². The molecule has 1 aliphatic rings. The van der Waals surface area contributed by atoms with E-state index in [4.69, 9.17) is 4.74 Å². The highest BCUT2D eigenvalue weighted by Gasteiger charge is 2.66. The number of hydrogen-bond acceptors (Lipinski definition) is 3. The lowest BCUT2D eigenvalue weighted by atomic mass is 10.0. The average molecular weight is 444 g/mol. The van der Waals surface area contributed by atoms with Gasteiger partial charge in [0.25, 0.3) is 0 Å². The van der Waals surface area contributed by atoms with E-state index >= 15 is 0 Å². The molecule has 0 unspecified atom stereocenters. The van der Waals surface area contributed by atoms with Crippen LogP contribution in [-0.2, 0) is 6.18 Å². The van der Waals surface area contributed by atoms with Gasteiger partial charge in [-0.3, -0.25) is 0 Å². The highest BCUT2D eigenvalue weighted by Crippen LogP contribution is 2.51. The van der Waals surface area contributed by atoms with E-state index in [1.807, 2.05) is 0 Å². The standard InChI is InChI=1S/C21H11F7O3/c22-19(23,24)15-8-1-2-9-16(15)29-13-6-3-5-12(11-13)14-7-4-10-17-18(14)31-21(27,28)20(25,26)30-17/h1-11H. The maximum atomic E-state index is 13.7. The van der Waals surface area contributed by atoms with Crippen molar-refractivity contribution in [2.45, 2.75) is 18.4 Å². The molecule has 1 heterocycles. The van der Waals surface area contributed by atoms with Crippen LogP contribution in [0.5, 0.6) is 23.0 Å². The van der Waals surface area contributed by atoms with Crippen LogP contribution in [0.15, 0.2) is 66.7 Å². The summed E-state index contributed by atoms with van der Waals surface area (Å²) >= 11 is 0. The first-order chi connectivity index (χ1) is 14.5. The minimum Gasteiger partial charge on any atom is -0.457 e.